The molecule has 1 saturated heterocycles. The van der Waals surface area contributed by atoms with E-state index in [4.69, 9.17) is 5.11 Å². The van der Waals surface area contributed by atoms with Gasteiger partial charge in [0.05, 0.1) is 17.6 Å². The van der Waals surface area contributed by atoms with Gasteiger partial charge in [-0.3, -0.25) is 9.59 Å². The predicted octanol–water partition coefficient (Wildman–Crippen LogP) is 1.06. The molecule has 1 fully saturated rings. The van der Waals surface area contributed by atoms with Crippen molar-refractivity contribution >= 4 is 23.6 Å². The van der Waals surface area contributed by atoms with Gasteiger partial charge in [0.1, 0.15) is 0 Å². The molecule has 19 heavy (non-hydrogen) atoms. The van der Waals surface area contributed by atoms with Crippen LogP contribution in [0.5, 0.6) is 0 Å². The fourth-order valence-electron chi connectivity index (χ4n) is 2.49. The zero-order chi connectivity index (χ0) is 14.6. The van der Waals surface area contributed by atoms with Crippen molar-refractivity contribution < 1.29 is 19.8 Å². The fraction of sp³-hybridized carbons (Fsp3) is 0.846. The molecular weight excluding hydrogens is 266 g/mol. The molecule has 1 aliphatic rings. The van der Waals surface area contributed by atoms with Crippen molar-refractivity contribution in [3.8, 4) is 0 Å². The summed E-state index contributed by atoms with van der Waals surface area (Å²) in [5.74, 6) is -0.698. The molecule has 110 valence electrons. The summed E-state index contributed by atoms with van der Waals surface area (Å²) < 4.78 is 0. The van der Waals surface area contributed by atoms with E-state index in [0.29, 0.717) is 13.1 Å². The molecule has 0 aliphatic carbocycles. The topological polar surface area (TPSA) is 77.8 Å². The van der Waals surface area contributed by atoms with Gasteiger partial charge in [0, 0.05) is 13.1 Å². The van der Waals surface area contributed by atoms with E-state index in [1.165, 1.54) is 0 Å². The number of rotatable bonds is 4. The zero-order valence-corrected chi connectivity index (χ0v) is 12.6. The van der Waals surface area contributed by atoms with E-state index in [1.807, 2.05) is 0 Å². The summed E-state index contributed by atoms with van der Waals surface area (Å²) >= 11 is 1.10. The highest BCUT2D eigenvalue weighted by Crippen LogP contribution is 2.34. The Morgan fingerprint density at radius 3 is 2.42 bits per heavy atom. The van der Waals surface area contributed by atoms with Crippen LogP contribution in [0.15, 0.2) is 0 Å². The molecule has 1 rings (SSSR count). The summed E-state index contributed by atoms with van der Waals surface area (Å²) in [5, 5.41) is 18.7. The smallest absolute Gasteiger partial charge is 0.313 e. The highest BCUT2D eigenvalue weighted by atomic mass is 32.2. The Morgan fingerprint density at radius 1 is 1.32 bits per heavy atom. The number of hydrogen-bond acceptors (Lipinski definition) is 4. The van der Waals surface area contributed by atoms with E-state index < -0.39 is 12.1 Å². The summed E-state index contributed by atoms with van der Waals surface area (Å²) in [5.41, 5.74) is 0.0343. The number of carbonyl (C=O) groups is 2. The zero-order valence-electron chi connectivity index (χ0n) is 11.8. The van der Waals surface area contributed by atoms with Crippen LogP contribution in [0.2, 0.25) is 0 Å². The number of carboxylic acids is 1. The molecular formula is C13H23NO4S. The van der Waals surface area contributed by atoms with Gasteiger partial charge in [-0.2, -0.15) is 0 Å². The summed E-state index contributed by atoms with van der Waals surface area (Å²) in [6, 6.07) is 0. The largest absolute Gasteiger partial charge is 0.481 e. The number of piperidine rings is 1. The minimum Gasteiger partial charge on any atom is -0.481 e. The van der Waals surface area contributed by atoms with Crippen LogP contribution < -0.4 is 0 Å². The second-order valence-electron chi connectivity index (χ2n) is 6.05. The third kappa shape index (κ3) is 5.03. The molecule has 0 radical (unpaired) electrons. The first kappa shape index (κ1) is 16.3. The van der Waals surface area contributed by atoms with Crippen LogP contribution in [0.3, 0.4) is 0 Å². The van der Waals surface area contributed by atoms with Crippen molar-refractivity contribution in [2.24, 2.45) is 11.3 Å². The number of likely N-dealkylation sites (tertiary alicyclic amines) is 1. The Balaban J connectivity index is 2.43. The second kappa shape index (κ2) is 6.61. The van der Waals surface area contributed by atoms with Crippen LogP contribution >= 0.6 is 11.8 Å². The van der Waals surface area contributed by atoms with Crippen LogP contribution in [0.4, 0.5) is 0 Å². The molecule has 2 unspecified atom stereocenters. The molecule has 6 heteroatoms. The number of amides is 1. The van der Waals surface area contributed by atoms with Crippen molar-refractivity contribution in [1.82, 2.24) is 4.90 Å². The fourth-order valence-corrected chi connectivity index (χ4v) is 3.12. The summed E-state index contributed by atoms with van der Waals surface area (Å²) in [6.07, 6.45) is 0.294. The first-order valence-corrected chi connectivity index (χ1v) is 7.62. The Bertz CT molecular complexity index is 340. The highest BCUT2D eigenvalue weighted by Gasteiger charge is 2.36. The van der Waals surface area contributed by atoms with Crippen molar-refractivity contribution in [2.45, 2.75) is 33.3 Å². The molecule has 2 atom stereocenters. The standard InChI is InChI=1S/C13H23NO4S/c1-13(2,3)9-4-5-14(6-10(9)15)11(16)7-19-8-12(17)18/h9-10,15H,4-8H2,1-3H3,(H,17,18). The normalized spacial score (nSPS) is 24.3. The number of carboxylic acid groups (broad SMARTS) is 1. The quantitative estimate of drug-likeness (QED) is 0.809. The lowest BCUT2D eigenvalue weighted by atomic mass is 9.74. The molecule has 0 saturated carbocycles. The van der Waals surface area contributed by atoms with E-state index >= 15 is 0 Å². The minimum absolute atomic E-state index is 0.0343. The lowest BCUT2D eigenvalue weighted by Crippen LogP contribution is -2.50. The molecule has 5 nitrogen and oxygen atoms in total. The number of aliphatic hydroxyl groups is 1. The first-order chi connectivity index (χ1) is 8.71. The van der Waals surface area contributed by atoms with E-state index in [0.717, 1.165) is 18.2 Å². The number of aliphatic carboxylic acids is 1. The molecule has 0 bridgehead atoms. The van der Waals surface area contributed by atoms with Gasteiger partial charge in [0.25, 0.3) is 0 Å². The average molecular weight is 289 g/mol. The molecule has 1 amide bonds. The molecule has 1 aliphatic heterocycles. The number of thioether (sulfide) groups is 1. The molecule has 0 spiro atoms. The Labute approximate surface area is 118 Å². The number of hydrogen-bond donors (Lipinski definition) is 2. The molecule has 0 aromatic heterocycles. The van der Waals surface area contributed by atoms with Gasteiger partial charge in [0.2, 0.25) is 5.91 Å². The number of nitrogens with zero attached hydrogens (tertiary/aromatic N) is 1. The SMILES string of the molecule is CC(C)(C)C1CCN(C(=O)CSCC(=O)O)CC1O. The predicted molar refractivity (Wildman–Crippen MR) is 75.1 cm³/mol. The van der Waals surface area contributed by atoms with E-state index in [-0.39, 0.29) is 28.7 Å². The molecule has 2 N–H and O–H groups in total. The van der Waals surface area contributed by atoms with E-state index in [9.17, 15) is 14.7 Å². The van der Waals surface area contributed by atoms with Gasteiger partial charge in [-0.25, -0.2) is 0 Å². The number of aliphatic hydroxyl groups excluding tert-OH is 1. The van der Waals surface area contributed by atoms with Crippen molar-refractivity contribution in [2.75, 3.05) is 24.6 Å². The van der Waals surface area contributed by atoms with Crippen molar-refractivity contribution in [3.63, 3.8) is 0 Å². The van der Waals surface area contributed by atoms with Gasteiger partial charge in [-0.1, -0.05) is 20.8 Å². The van der Waals surface area contributed by atoms with Crippen LogP contribution in [0, 0.1) is 11.3 Å². The average Bonchev–Trinajstić information content (AvgIpc) is 2.26. The Hall–Kier alpha value is -0.750. The maximum absolute atomic E-state index is 11.9. The van der Waals surface area contributed by atoms with Crippen molar-refractivity contribution in [3.05, 3.63) is 0 Å². The second-order valence-corrected chi connectivity index (χ2v) is 7.04. The van der Waals surface area contributed by atoms with Gasteiger partial charge in [-0.15, -0.1) is 11.8 Å². The van der Waals surface area contributed by atoms with Gasteiger partial charge >= 0.3 is 5.97 Å². The summed E-state index contributed by atoms with van der Waals surface area (Å²) in [6.45, 7) is 7.29. The number of β-amino-alcohol motifs (C(OH)–C–C–N with tert-alkyl or cyclic N) is 1. The Kier molecular flexibility index (Phi) is 5.67. The molecule has 1 heterocycles. The van der Waals surface area contributed by atoms with Gasteiger partial charge in [0.15, 0.2) is 0 Å². The summed E-state index contributed by atoms with van der Waals surface area (Å²) in [7, 11) is 0. The first-order valence-electron chi connectivity index (χ1n) is 6.47. The highest BCUT2D eigenvalue weighted by molar-refractivity contribution is 8.00. The van der Waals surface area contributed by atoms with E-state index in [2.05, 4.69) is 20.8 Å². The third-order valence-electron chi connectivity index (χ3n) is 3.50. The van der Waals surface area contributed by atoms with Crippen LogP contribution in [-0.4, -0.2) is 57.7 Å². The van der Waals surface area contributed by atoms with Gasteiger partial charge < -0.3 is 15.1 Å². The maximum atomic E-state index is 11.9. The molecule has 0 aromatic carbocycles. The van der Waals surface area contributed by atoms with Crippen LogP contribution in [0.1, 0.15) is 27.2 Å². The summed E-state index contributed by atoms with van der Waals surface area (Å²) in [4.78, 5) is 23.9. The monoisotopic (exact) mass is 289 g/mol. The maximum Gasteiger partial charge on any atom is 0.313 e. The van der Waals surface area contributed by atoms with Crippen molar-refractivity contribution in [1.29, 1.82) is 0 Å². The van der Waals surface area contributed by atoms with Gasteiger partial charge in [-0.05, 0) is 17.8 Å². The third-order valence-corrected chi connectivity index (χ3v) is 4.40. The molecule has 0 aromatic rings. The Morgan fingerprint density at radius 2 is 1.95 bits per heavy atom. The lowest BCUT2D eigenvalue weighted by Gasteiger charge is -2.42. The minimum atomic E-state index is -0.913. The van der Waals surface area contributed by atoms with E-state index in [1.54, 1.807) is 4.90 Å². The lowest BCUT2D eigenvalue weighted by molar-refractivity contribution is -0.134. The van der Waals surface area contributed by atoms with Crippen LogP contribution in [-0.2, 0) is 9.59 Å². The number of carbonyl (C=O) groups excluding carboxylic acids is 1. The van der Waals surface area contributed by atoms with Crippen LogP contribution in [0.25, 0.3) is 0 Å².